The molecular weight excluding hydrogens is 364 g/mol. The second kappa shape index (κ2) is 9.72. The van der Waals surface area contributed by atoms with Gasteiger partial charge in [0.05, 0.1) is 30.8 Å². The zero-order chi connectivity index (χ0) is 20.1. The minimum atomic E-state index is 0.178. The summed E-state index contributed by atoms with van der Waals surface area (Å²) in [5, 5.41) is 0. The fourth-order valence-electron chi connectivity index (χ4n) is 4.65. The summed E-state index contributed by atoms with van der Waals surface area (Å²) in [4.78, 5) is 22.8. The highest BCUT2D eigenvalue weighted by atomic mass is 16.5. The SMILES string of the molecule is Cn1c(CN(CCN2CCOCC2)C(=O)C2CCCCCC2)nc2ccccc21. The number of carbonyl (C=O) groups excluding carboxylic acids is 1. The average molecular weight is 399 g/mol. The van der Waals surface area contributed by atoms with Crippen molar-refractivity contribution in [2.75, 3.05) is 39.4 Å². The minimum absolute atomic E-state index is 0.178. The van der Waals surface area contributed by atoms with Gasteiger partial charge in [-0.25, -0.2) is 4.98 Å². The molecule has 29 heavy (non-hydrogen) atoms. The largest absolute Gasteiger partial charge is 0.379 e. The van der Waals surface area contributed by atoms with Crippen LogP contribution in [0.5, 0.6) is 0 Å². The Morgan fingerprint density at radius 3 is 2.59 bits per heavy atom. The summed E-state index contributed by atoms with van der Waals surface area (Å²) in [5.41, 5.74) is 2.12. The number of fused-ring (bicyclic) bond motifs is 1. The van der Waals surface area contributed by atoms with E-state index in [0.29, 0.717) is 12.5 Å². The molecule has 1 aliphatic carbocycles. The standard InChI is InChI=1S/C23H34N4O2/c1-25-21-11-7-6-10-20(21)24-22(25)18-27(13-12-26-14-16-29-17-15-26)23(28)19-8-4-2-3-5-9-19/h6-7,10-11,19H,2-5,8-9,12-18H2,1H3. The third-order valence-corrected chi connectivity index (χ3v) is 6.52. The Morgan fingerprint density at radius 1 is 1.14 bits per heavy atom. The van der Waals surface area contributed by atoms with Crippen LogP contribution in [0.2, 0.25) is 0 Å². The van der Waals surface area contributed by atoms with Crippen molar-refractivity contribution in [1.82, 2.24) is 19.4 Å². The number of rotatable bonds is 6. The van der Waals surface area contributed by atoms with Gasteiger partial charge in [-0.3, -0.25) is 9.69 Å². The zero-order valence-electron chi connectivity index (χ0n) is 17.7. The predicted molar refractivity (Wildman–Crippen MR) is 115 cm³/mol. The number of imidazole rings is 1. The maximum absolute atomic E-state index is 13.5. The summed E-state index contributed by atoms with van der Waals surface area (Å²) >= 11 is 0. The van der Waals surface area contributed by atoms with Crippen molar-refractivity contribution in [3.05, 3.63) is 30.1 Å². The number of morpholine rings is 1. The number of para-hydroxylation sites is 2. The second-order valence-electron chi connectivity index (χ2n) is 8.48. The van der Waals surface area contributed by atoms with Crippen molar-refractivity contribution in [1.29, 1.82) is 0 Å². The number of nitrogens with zero attached hydrogens (tertiary/aromatic N) is 4. The van der Waals surface area contributed by atoms with E-state index in [2.05, 4.69) is 27.5 Å². The fourth-order valence-corrected chi connectivity index (χ4v) is 4.65. The van der Waals surface area contributed by atoms with Gasteiger partial charge in [-0.1, -0.05) is 37.8 Å². The van der Waals surface area contributed by atoms with Crippen molar-refractivity contribution in [3.8, 4) is 0 Å². The topological polar surface area (TPSA) is 50.6 Å². The van der Waals surface area contributed by atoms with E-state index in [0.717, 1.165) is 69.1 Å². The van der Waals surface area contributed by atoms with E-state index in [1.807, 2.05) is 18.2 Å². The van der Waals surface area contributed by atoms with Gasteiger partial charge in [-0.2, -0.15) is 0 Å². The Kier molecular flexibility index (Phi) is 6.82. The van der Waals surface area contributed by atoms with Crippen LogP contribution in [-0.2, 0) is 23.1 Å². The van der Waals surface area contributed by atoms with Crippen molar-refractivity contribution in [2.24, 2.45) is 13.0 Å². The van der Waals surface area contributed by atoms with Gasteiger partial charge < -0.3 is 14.2 Å². The zero-order valence-corrected chi connectivity index (χ0v) is 17.7. The highest BCUT2D eigenvalue weighted by molar-refractivity contribution is 5.79. The lowest BCUT2D eigenvalue weighted by Crippen LogP contribution is -2.44. The first-order chi connectivity index (χ1) is 14.2. The van der Waals surface area contributed by atoms with Crippen LogP contribution in [0.4, 0.5) is 0 Å². The van der Waals surface area contributed by atoms with Crippen molar-refractivity contribution < 1.29 is 9.53 Å². The molecule has 1 amide bonds. The minimum Gasteiger partial charge on any atom is -0.379 e. The number of benzene rings is 1. The molecule has 2 aromatic rings. The first-order valence-corrected chi connectivity index (χ1v) is 11.2. The fraction of sp³-hybridized carbons (Fsp3) is 0.652. The van der Waals surface area contributed by atoms with Crippen LogP contribution in [0, 0.1) is 5.92 Å². The molecule has 158 valence electrons. The van der Waals surface area contributed by atoms with Crippen LogP contribution in [0.3, 0.4) is 0 Å². The van der Waals surface area contributed by atoms with Crippen molar-refractivity contribution in [3.63, 3.8) is 0 Å². The predicted octanol–water partition coefficient (Wildman–Crippen LogP) is 3.20. The van der Waals surface area contributed by atoms with Crippen LogP contribution < -0.4 is 0 Å². The van der Waals surface area contributed by atoms with E-state index >= 15 is 0 Å². The molecule has 1 aromatic heterocycles. The monoisotopic (exact) mass is 398 g/mol. The highest BCUT2D eigenvalue weighted by Gasteiger charge is 2.27. The first kappa shape index (κ1) is 20.4. The van der Waals surface area contributed by atoms with Crippen LogP contribution in [0.25, 0.3) is 11.0 Å². The first-order valence-electron chi connectivity index (χ1n) is 11.2. The number of ether oxygens (including phenoxy) is 1. The van der Waals surface area contributed by atoms with Gasteiger partial charge >= 0.3 is 0 Å². The Labute approximate surface area is 173 Å². The normalized spacial score (nSPS) is 19.3. The smallest absolute Gasteiger partial charge is 0.226 e. The van der Waals surface area contributed by atoms with E-state index in [1.165, 1.54) is 25.7 Å². The van der Waals surface area contributed by atoms with Gasteiger partial charge in [0.1, 0.15) is 5.82 Å². The molecule has 1 aromatic carbocycles. The van der Waals surface area contributed by atoms with E-state index in [-0.39, 0.29) is 5.92 Å². The molecule has 0 unspecified atom stereocenters. The van der Waals surface area contributed by atoms with Gasteiger partial charge in [-0.15, -0.1) is 0 Å². The lowest BCUT2D eigenvalue weighted by atomic mass is 9.98. The molecule has 0 N–H and O–H groups in total. The molecule has 1 saturated carbocycles. The molecule has 4 rings (SSSR count). The van der Waals surface area contributed by atoms with Gasteiger partial charge in [-0.05, 0) is 25.0 Å². The number of aryl methyl sites for hydroxylation is 1. The average Bonchev–Trinajstić information content (AvgIpc) is 2.92. The summed E-state index contributed by atoms with van der Waals surface area (Å²) in [7, 11) is 2.06. The van der Waals surface area contributed by atoms with Crippen LogP contribution in [0.1, 0.15) is 44.3 Å². The molecule has 0 radical (unpaired) electrons. The van der Waals surface area contributed by atoms with E-state index in [1.54, 1.807) is 0 Å². The van der Waals surface area contributed by atoms with Gasteiger partial charge in [0.2, 0.25) is 5.91 Å². The second-order valence-corrected chi connectivity index (χ2v) is 8.48. The van der Waals surface area contributed by atoms with E-state index < -0.39 is 0 Å². The Hall–Kier alpha value is -1.92. The maximum Gasteiger partial charge on any atom is 0.226 e. The summed E-state index contributed by atoms with van der Waals surface area (Å²) in [6.45, 7) is 5.76. The molecule has 2 heterocycles. The molecule has 2 aliphatic rings. The molecule has 6 heteroatoms. The molecule has 0 spiro atoms. The number of hydrogen-bond acceptors (Lipinski definition) is 4. The van der Waals surface area contributed by atoms with Crippen molar-refractivity contribution >= 4 is 16.9 Å². The van der Waals surface area contributed by atoms with Crippen LogP contribution in [0.15, 0.2) is 24.3 Å². The molecule has 6 nitrogen and oxygen atoms in total. The molecule has 2 fully saturated rings. The van der Waals surface area contributed by atoms with Crippen LogP contribution in [-0.4, -0.2) is 64.7 Å². The summed E-state index contributed by atoms with van der Waals surface area (Å²) < 4.78 is 7.61. The third kappa shape index (κ3) is 4.98. The molecule has 1 saturated heterocycles. The van der Waals surface area contributed by atoms with Gasteiger partial charge in [0.25, 0.3) is 0 Å². The molecular formula is C23H34N4O2. The lowest BCUT2D eigenvalue weighted by molar-refractivity contribution is -0.137. The Balaban J connectivity index is 1.51. The Bertz CT molecular complexity index is 804. The molecule has 1 aliphatic heterocycles. The summed E-state index contributed by atoms with van der Waals surface area (Å²) in [6, 6.07) is 8.20. The number of aromatic nitrogens is 2. The molecule has 0 atom stereocenters. The third-order valence-electron chi connectivity index (χ3n) is 6.52. The number of carbonyl (C=O) groups is 1. The van der Waals surface area contributed by atoms with E-state index in [9.17, 15) is 4.79 Å². The summed E-state index contributed by atoms with van der Waals surface area (Å²) in [5.74, 6) is 1.47. The quantitative estimate of drug-likeness (QED) is 0.701. The highest BCUT2D eigenvalue weighted by Crippen LogP contribution is 2.25. The van der Waals surface area contributed by atoms with E-state index in [4.69, 9.17) is 9.72 Å². The van der Waals surface area contributed by atoms with Crippen LogP contribution >= 0.6 is 0 Å². The Morgan fingerprint density at radius 2 is 1.86 bits per heavy atom. The van der Waals surface area contributed by atoms with Gasteiger partial charge in [0, 0.05) is 39.1 Å². The number of hydrogen-bond donors (Lipinski definition) is 0. The summed E-state index contributed by atoms with van der Waals surface area (Å²) in [6.07, 6.45) is 6.97. The molecule has 0 bridgehead atoms. The lowest BCUT2D eigenvalue weighted by Gasteiger charge is -2.31. The van der Waals surface area contributed by atoms with Gasteiger partial charge in [0.15, 0.2) is 0 Å². The van der Waals surface area contributed by atoms with Crippen molar-refractivity contribution in [2.45, 2.75) is 45.1 Å². The number of amides is 1. The maximum atomic E-state index is 13.5.